The van der Waals surface area contributed by atoms with Crippen LogP contribution in [-0.2, 0) is 11.3 Å². The lowest BCUT2D eigenvalue weighted by Gasteiger charge is -2.34. The van der Waals surface area contributed by atoms with E-state index in [1.165, 1.54) is 12.6 Å². The van der Waals surface area contributed by atoms with Crippen LogP contribution in [0.4, 0.5) is 0 Å². The fourth-order valence-corrected chi connectivity index (χ4v) is 3.33. The molecule has 1 aliphatic heterocycles. The Kier molecular flexibility index (Phi) is 6.74. The molecule has 0 aromatic carbocycles. The van der Waals surface area contributed by atoms with Crippen molar-refractivity contribution >= 4 is 5.91 Å². The highest BCUT2D eigenvalue weighted by molar-refractivity contribution is 5.91. The molecule has 0 unspecified atom stereocenters. The van der Waals surface area contributed by atoms with E-state index in [1.807, 2.05) is 17.0 Å². The van der Waals surface area contributed by atoms with Gasteiger partial charge in [0.2, 0.25) is 5.76 Å². The molecule has 0 bridgehead atoms. The number of nitrogens with zero attached hydrogens (tertiary/aromatic N) is 4. The van der Waals surface area contributed by atoms with Crippen molar-refractivity contribution in [2.24, 2.45) is 5.92 Å². The smallest absolute Gasteiger partial charge is 0.291 e. The SMILES string of the molecule is COCCN1CCC(CN(Cc2ccncc2)C(=O)c2cnco2)CC1. The summed E-state index contributed by atoms with van der Waals surface area (Å²) in [4.78, 5) is 25.1. The molecule has 26 heavy (non-hydrogen) atoms. The Morgan fingerprint density at radius 2 is 2.08 bits per heavy atom. The quantitative estimate of drug-likeness (QED) is 0.719. The lowest BCUT2D eigenvalue weighted by atomic mass is 9.96. The van der Waals surface area contributed by atoms with E-state index in [0.29, 0.717) is 12.5 Å². The predicted molar refractivity (Wildman–Crippen MR) is 96.5 cm³/mol. The Balaban J connectivity index is 1.62. The Labute approximate surface area is 154 Å². The molecule has 2 aromatic heterocycles. The van der Waals surface area contributed by atoms with Gasteiger partial charge in [0.1, 0.15) is 0 Å². The van der Waals surface area contributed by atoms with E-state index in [2.05, 4.69) is 14.9 Å². The topological polar surface area (TPSA) is 71.7 Å². The molecule has 7 heteroatoms. The molecule has 0 radical (unpaired) electrons. The van der Waals surface area contributed by atoms with Crippen molar-refractivity contribution in [3.8, 4) is 0 Å². The van der Waals surface area contributed by atoms with E-state index in [1.54, 1.807) is 19.5 Å². The van der Waals surface area contributed by atoms with Gasteiger partial charge in [-0.05, 0) is 49.5 Å². The van der Waals surface area contributed by atoms with Crippen LogP contribution in [0.3, 0.4) is 0 Å². The van der Waals surface area contributed by atoms with Gasteiger partial charge in [0, 0.05) is 39.1 Å². The molecular weight excluding hydrogens is 332 g/mol. The van der Waals surface area contributed by atoms with Crippen LogP contribution in [0.1, 0.15) is 29.0 Å². The van der Waals surface area contributed by atoms with Crippen LogP contribution < -0.4 is 0 Å². The Bertz CT molecular complexity index is 655. The van der Waals surface area contributed by atoms with Crippen molar-refractivity contribution in [3.05, 3.63) is 48.4 Å². The summed E-state index contributed by atoms with van der Waals surface area (Å²) in [5, 5.41) is 0. The summed E-state index contributed by atoms with van der Waals surface area (Å²) < 4.78 is 10.4. The maximum atomic E-state index is 12.8. The largest absolute Gasteiger partial charge is 0.438 e. The second kappa shape index (κ2) is 9.45. The summed E-state index contributed by atoms with van der Waals surface area (Å²) in [7, 11) is 1.73. The van der Waals surface area contributed by atoms with E-state index in [-0.39, 0.29) is 11.7 Å². The average Bonchev–Trinajstić information content (AvgIpc) is 3.22. The third-order valence-corrected chi connectivity index (χ3v) is 4.85. The summed E-state index contributed by atoms with van der Waals surface area (Å²) >= 11 is 0. The summed E-state index contributed by atoms with van der Waals surface area (Å²) in [5.74, 6) is 0.667. The number of pyridine rings is 1. The van der Waals surface area contributed by atoms with E-state index in [0.717, 1.165) is 51.2 Å². The minimum Gasteiger partial charge on any atom is -0.438 e. The van der Waals surface area contributed by atoms with Crippen LogP contribution in [0.2, 0.25) is 0 Å². The molecule has 3 heterocycles. The van der Waals surface area contributed by atoms with Gasteiger partial charge in [0.05, 0.1) is 12.8 Å². The molecule has 1 fully saturated rings. The van der Waals surface area contributed by atoms with Crippen molar-refractivity contribution in [1.82, 2.24) is 19.8 Å². The number of piperidine rings is 1. The minimum atomic E-state index is -0.110. The molecule has 3 rings (SSSR count). The summed E-state index contributed by atoms with van der Waals surface area (Å²) in [6, 6.07) is 3.88. The Morgan fingerprint density at radius 1 is 1.31 bits per heavy atom. The standard InChI is InChI=1S/C19H26N4O3/c1-25-11-10-22-8-4-17(5-9-22)14-23(13-16-2-6-20-7-3-16)19(24)18-12-21-15-26-18/h2-3,6-7,12,15,17H,4-5,8-11,13-14H2,1H3. The summed E-state index contributed by atoms with van der Waals surface area (Å²) in [5.41, 5.74) is 1.06. The van der Waals surface area contributed by atoms with E-state index in [9.17, 15) is 4.79 Å². The molecule has 1 amide bonds. The number of rotatable bonds is 8. The molecule has 7 nitrogen and oxygen atoms in total. The zero-order valence-electron chi connectivity index (χ0n) is 15.2. The number of carbonyl (C=O) groups excluding carboxylic acids is 1. The van der Waals surface area contributed by atoms with Gasteiger partial charge in [0.15, 0.2) is 6.39 Å². The van der Waals surface area contributed by atoms with Crippen LogP contribution in [0, 0.1) is 5.92 Å². The van der Waals surface area contributed by atoms with Crippen molar-refractivity contribution in [2.45, 2.75) is 19.4 Å². The van der Waals surface area contributed by atoms with Crippen LogP contribution in [-0.4, -0.2) is 65.6 Å². The van der Waals surface area contributed by atoms with Crippen LogP contribution >= 0.6 is 0 Å². The number of hydrogen-bond acceptors (Lipinski definition) is 6. The number of methoxy groups -OCH3 is 1. The summed E-state index contributed by atoms with van der Waals surface area (Å²) in [6.07, 6.45) is 8.45. The van der Waals surface area contributed by atoms with Crippen LogP contribution in [0.25, 0.3) is 0 Å². The van der Waals surface area contributed by atoms with Crippen molar-refractivity contribution < 1.29 is 13.9 Å². The van der Waals surface area contributed by atoms with Crippen molar-refractivity contribution in [1.29, 1.82) is 0 Å². The number of oxazole rings is 1. The normalized spacial score (nSPS) is 15.9. The zero-order chi connectivity index (χ0) is 18.2. The van der Waals surface area contributed by atoms with Gasteiger partial charge >= 0.3 is 0 Å². The highest BCUT2D eigenvalue weighted by Crippen LogP contribution is 2.20. The van der Waals surface area contributed by atoms with Gasteiger partial charge < -0.3 is 19.0 Å². The van der Waals surface area contributed by atoms with Crippen molar-refractivity contribution in [2.75, 3.05) is 39.9 Å². The lowest BCUT2D eigenvalue weighted by Crippen LogP contribution is -2.41. The highest BCUT2D eigenvalue weighted by atomic mass is 16.5. The van der Waals surface area contributed by atoms with Gasteiger partial charge in [-0.1, -0.05) is 0 Å². The first-order chi connectivity index (χ1) is 12.8. The monoisotopic (exact) mass is 358 g/mol. The third-order valence-electron chi connectivity index (χ3n) is 4.85. The molecule has 0 aliphatic carbocycles. The average molecular weight is 358 g/mol. The number of carbonyl (C=O) groups is 1. The molecule has 0 spiro atoms. The van der Waals surface area contributed by atoms with E-state index in [4.69, 9.17) is 9.15 Å². The van der Waals surface area contributed by atoms with Gasteiger partial charge in [-0.15, -0.1) is 0 Å². The molecule has 0 N–H and O–H groups in total. The van der Waals surface area contributed by atoms with Crippen LogP contribution in [0.15, 0.2) is 41.5 Å². The van der Waals surface area contributed by atoms with Gasteiger partial charge in [-0.2, -0.15) is 0 Å². The molecule has 0 atom stereocenters. The third kappa shape index (κ3) is 5.12. The van der Waals surface area contributed by atoms with E-state index < -0.39 is 0 Å². The first-order valence-corrected chi connectivity index (χ1v) is 9.04. The molecular formula is C19H26N4O3. The first kappa shape index (κ1) is 18.5. The molecule has 140 valence electrons. The van der Waals surface area contributed by atoms with Crippen molar-refractivity contribution in [3.63, 3.8) is 0 Å². The van der Waals surface area contributed by atoms with Gasteiger partial charge in [-0.3, -0.25) is 9.78 Å². The summed E-state index contributed by atoms with van der Waals surface area (Å²) in [6.45, 7) is 5.11. The number of aromatic nitrogens is 2. The minimum absolute atomic E-state index is 0.110. The Hall–Kier alpha value is -2.25. The van der Waals surface area contributed by atoms with Gasteiger partial charge in [0.25, 0.3) is 5.91 Å². The lowest BCUT2D eigenvalue weighted by molar-refractivity contribution is 0.0628. The predicted octanol–water partition coefficient (Wildman–Crippen LogP) is 2.07. The number of amides is 1. The zero-order valence-corrected chi connectivity index (χ0v) is 15.2. The van der Waals surface area contributed by atoms with E-state index >= 15 is 0 Å². The maximum Gasteiger partial charge on any atom is 0.291 e. The number of hydrogen-bond donors (Lipinski definition) is 0. The van der Waals surface area contributed by atoms with Gasteiger partial charge in [-0.25, -0.2) is 4.98 Å². The highest BCUT2D eigenvalue weighted by Gasteiger charge is 2.25. The fraction of sp³-hybridized carbons (Fsp3) is 0.526. The maximum absolute atomic E-state index is 12.8. The first-order valence-electron chi connectivity index (χ1n) is 9.04. The second-order valence-corrected chi connectivity index (χ2v) is 6.68. The molecule has 1 saturated heterocycles. The molecule has 1 aliphatic rings. The molecule has 2 aromatic rings. The second-order valence-electron chi connectivity index (χ2n) is 6.68. The number of likely N-dealkylation sites (tertiary alicyclic amines) is 1. The van der Waals surface area contributed by atoms with Crippen LogP contribution in [0.5, 0.6) is 0 Å². The molecule has 0 saturated carbocycles. The number of ether oxygens (including phenoxy) is 1. The Morgan fingerprint density at radius 3 is 2.73 bits per heavy atom. The fourth-order valence-electron chi connectivity index (χ4n) is 3.33.